The van der Waals surface area contributed by atoms with E-state index in [1.807, 2.05) is 43.3 Å². The first-order valence-corrected chi connectivity index (χ1v) is 6.61. The number of hydrogen-bond donors (Lipinski definition) is 1. The lowest BCUT2D eigenvalue weighted by molar-refractivity contribution is -0.130. The van der Waals surface area contributed by atoms with Crippen LogP contribution in [0.15, 0.2) is 36.4 Å². The number of carbonyl (C=O) groups excluding carboxylic acids is 1. The van der Waals surface area contributed by atoms with E-state index < -0.39 is 0 Å². The van der Waals surface area contributed by atoms with Crippen LogP contribution in [0.5, 0.6) is 5.75 Å². The molecular weight excluding hydrogens is 252 g/mol. The zero-order valence-corrected chi connectivity index (χ0v) is 12.1. The third-order valence-corrected chi connectivity index (χ3v) is 3.24. The number of likely N-dealkylation sites (N-methyl/N-ethyl adjacent to an activating group) is 1. The largest absolute Gasteiger partial charge is 0.483 e. The van der Waals surface area contributed by atoms with Gasteiger partial charge in [0.25, 0.3) is 5.91 Å². The Balaban J connectivity index is 2.42. The molecule has 20 heavy (non-hydrogen) atoms. The summed E-state index contributed by atoms with van der Waals surface area (Å²) >= 11 is 0. The molecule has 1 amide bonds. The molecule has 2 N–H and O–H groups in total. The first kappa shape index (κ1) is 14.3. The lowest BCUT2D eigenvalue weighted by Gasteiger charge is -2.17. The topological polar surface area (TPSA) is 55.6 Å². The second-order valence-corrected chi connectivity index (χ2v) is 5.07. The molecule has 4 nitrogen and oxygen atoms in total. The molecule has 2 rings (SSSR count). The summed E-state index contributed by atoms with van der Waals surface area (Å²) in [7, 11) is 3.42. The fourth-order valence-electron chi connectivity index (χ4n) is 2.04. The van der Waals surface area contributed by atoms with Crippen molar-refractivity contribution in [2.24, 2.45) is 5.73 Å². The molecule has 0 aromatic heterocycles. The standard InChI is InChI=1S/C16H20N2O2/c1-11(17)13-9-8-12-6-4-5-7-14(12)16(13)20-10-15(19)18(2)3/h4-9,11H,10,17H2,1-3H3/t11-/m0/s1. The third kappa shape index (κ3) is 2.91. The quantitative estimate of drug-likeness (QED) is 0.929. The van der Waals surface area contributed by atoms with Gasteiger partial charge in [-0.05, 0) is 12.3 Å². The van der Waals surface area contributed by atoms with Crippen LogP contribution >= 0.6 is 0 Å². The van der Waals surface area contributed by atoms with E-state index in [1.165, 1.54) is 4.90 Å². The van der Waals surface area contributed by atoms with Gasteiger partial charge in [0.1, 0.15) is 5.75 Å². The predicted octanol–water partition coefficient (Wildman–Crippen LogP) is 2.33. The summed E-state index contributed by atoms with van der Waals surface area (Å²) < 4.78 is 5.76. The van der Waals surface area contributed by atoms with E-state index in [-0.39, 0.29) is 18.6 Å². The van der Waals surface area contributed by atoms with Crippen molar-refractivity contribution < 1.29 is 9.53 Å². The summed E-state index contributed by atoms with van der Waals surface area (Å²) in [5, 5.41) is 2.05. The van der Waals surface area contributed by atoms with E-state index in [0.29, 0.717) is 5.75 Å². The van der Waals surface area contributed by atoms with Crippen molar-refractivity contribution in [3.8, 4) is 5.75 Å². The Morgan fingerprint density at radius 1 is 1.25 bits per heavy atom. The van der Waals surface area contributed by atoms with Gasteiger partial charge < -0.3 is 15.4 Å². The lowest BCUT2D eigenvalue weighted by Crippen LogP contribution is -2.28. The molecule has 2 aromatic rings. The second-order valence-electron chi connectivity index (χ2n) is 5.07. The van der Waals surface area contributed by atoms with E-state index in [1.54, 1.807) is 14.1 Å². The van der Waals surface area contributed by atoms with Gasteiger partial charge in [0.15, 0.2) is 6.61 Å². The molecule has 0 saturated heterocycles. The van der Waals surface area contributed by atoms with Crippen LogP contribution < -0.4 is 10.5 Å². The second kappa shape index (κ2) is 5.92. The highest BCUT2D eigenvalue weighted by molar-refractivity contribution is 5.90. The van der Waals surface area contributed by atoms with Crippen LogP contribution in [0.25, 0.3) is 10.8 Å². The molecule has 0 aliphatic rings. The molecule has 0 heterocycles. The van der Waals surface area contributed by atoms with E-state index in [0.717, 1.165) is 16.3 Å². The fourth-order valence-corrected chi connectivity index (χ4v) is 2.04. The van der Waals surface area contributed by atoms with Crippen molar-refractivity contribution >= 4 is 16.7 Å². The van der Waals surface area contributed by atoms with Gasteiger partial charge in [0.2, 0.25) is 0 Å². The average molecular weight is 272 g/mol. The Morgan fingerprint density at radius 3 is 2.60 bits per heavy atom. The highest BCUT2D eigenvalue weighted by atomic mass is 16.5. The Hall–Kier alpha value is -2.07. The van der Waals surface area contributed by atoms with Crippen molar-refractivity contribution in [1.29, 1.82) is 0 Å². The van der Waals surface area contributed by atoms with Crippen molar-refractivity contribution in [2.45, 2.75) is 13.0 Å². The van der Waals surface area contributed by atoms with Crippen LogP contribution in [-0.4, -0.2) is 31.5 Å². The molecule has 0 spiro atoms. The molecule has 1 atom stereocenters. The number of hydrogen-bond acceptors (Lipinski definition) is 3. The summed E-state index contributed by atoms with van der Waals surface area (Å²) in [6, 6.07) is 11.8. The summed E-state index contributed by atoms with van der Waals surface area (Å²) in [6.07, 6.45) is 0. The number of benzene rings is 2. The number of amides is 1. The first-order chi connectivity index (χ1) is 9.50. The van der Waals surface area contributed by atoms with Crippen molar-refractivity contribution in [1.82, 2.24) is 4.90 Å². The molecule has 0 unspecified atom stereocenters. The van der Waals surface area contributed by atoms with Gasteiger partial charge in [0, 0.05) is 31.1 Å². The normalized spacial score (nSPS) is 12.2. The zero-order chi connectivity index (χ0) is 14.7. The maximum Gasteiger partial charge on any atom is 0.259 e. The van der Waals surface area contributed by atoms with Gasteiger partial charge in [-0.3, -0.25) is 4.79 Å². The van der Waals surface area contributed by atoms with Crippen LogP contribution in [-0.2, 0) is 4.79 Å². The van der Waals surface area contributed by atoms with E-state index in [2.05, 4.69) is 0 Å². The van der Waals surface area contributed by atoms with Crippen LogP contribution in [0.3, 0.4) is 0 Å². The molecule has 0 saturated carbocycles. The zero-order valence-electron chi connectivity index (χ0n) is 12.1. The molecule has 0 aliphatic carbocycles. The van der Waals surface area contributed by atoms with Crippen molar-refractivity contribution in [3.63, 3.8) is 0 Å². The molecule has 0 radical (unpaired) electrons. The average Bonchev–Trinajstić information content (AvgIpc) is 2.43. The van der Waals surface area contributed by atoms with Gasteiger partial charge in [-0.25, -0.2) is 0 Å². The number of fused-ring (bicyclic) bond motifs is 1. The van der Waals surface area contributed by atoms with Gasteiger partial charge in [0.05, 0.1) is 0 Å². The number of rotatable bonds is 4. The molecule has 106 valence electrons. The van der Waals surface area contributed by atoms with E-state index in [4.69, 9.17) is 10.5 Å². The number of carbonyl (C=O) groups is 1. The van der Waals surface area contributed by atoms with E-state index in [9.17, 15) is 4.79 Å². The number of nitrogens with zero attached hydrogens (tertiary/aromatic N) is 1. The Morgan fingerprint density at radius 2 is 1.95 bits per heavy atom. The molecule has 0 aliphatic heterocycles. The van der Waals surface area contributed by atoms with Crippen LogP contribution in [0.2, 0.25) is 0 Å². The van der Waals surface area contributed by atoms with Crippen molar-refractivity contribution in [2.75, 3.05) is 20.7 Å². The van der Waals surface area contributed by atoms with Gasteiger partial charge >= 0.3 is 0 Å². The van der Waals surface area contributed by atoms with Gasteiger partial charge in [-0.15, -0.1) is 0 Å². The predicted molar refractivity (Wildman–Crippen MR) is 80.7 cm³/mol. The summed E-state index contributed by atoms with van der Waals surface area (Å²) in [5.74, 6) is 0.627. The van der Waals surface area contributed by atoms with E-state index >= 15 is 0 Å². The maximum absolute atomic E-state index is 11.7. The summed E-state index contributed by atoms with van der Waals surface area (Å²) in [6.45, 7) is 1.92. The lowest BCUT2D eigenvalue weighted by atomic mass is 10.0. The van der Waals surface area contributed by atoms with Crippen LogP contribution in [0, 0.1) is 0 Å². The molecule has 0 fully saturated rings. The summed E-state index contributed by atoms with van der Waals surface area (Å²) in [4.78, 5) is 13.2. The maximum atomic E-state index is 11.7. The highest BCUT2D eigenvalue weighted by Gasteiger charge is 2.14. The first-order valence-electron chi connectivity index (χ1n) is 6.61. The minimum absolute atomic E-state index is 0.0146. The molecule has 2 aromatic carbocycles. The van der Waals surface area contributed by atoms with Gasteiger partial charge in [-0.2, -0.15) is 0 Å². The SMILES string of the molecule is C[C@H](N)c1ccc2ccccc2c1OCC(=O)N(C)C. The third-order valence-electron chi connectivity index (χ3n) is 3.24. The summed E-state index contributed by atoms with van der Waals surface area (Å²) in [5.41, 5.74) is 6.91. The van der Waals surface area contributed by atoms with Gasteiger partial charge in [-0.1, -0.05) is 36.4 Å². The minimum Gasteiger partial charge on any atom is -0.483 e. The molecule has 0 bridgehead atoms. The monoisotopic (exact) mass is 272 g/mol. The highest BCUT2D eigenvalue weighted by Crippen LogP contribution is 2.32. The minimum atomic E-state index is -0.149. The Kier molecular flexibility index (Phi) is 4.25. The van der Waals surface area contributed by atoms with Crippen LogP contribution in [0.4, 0.5) is 0 Å². The smallest absolute Gasteiger partial charge is 0.259 e. The Labute approximate surface area is 119 Å². The van der Waals surface area contributed by atoms with Crippen LogP contribution in [0.1, 0.15) is 18.5 Å². The number of nitrogens with two attached hydrogens (primary N) is 1. The fraction of sp³-hybridized carbons (Fsp3) is 0.312. The molecular formula is C16H20N2O2. The van der Waals surface area contributed by atoms with Crippen molar-refractivity contribution in [3.05, 3.63) is 42.0 Å². The Bertz CT molecular complexity index is 621. The number of ether oxygens (including phenoxy) is 1. The molecule has 4 heteroatoms.